The number of benzene rings is 1. The molecule has 2 heterocycles. The number of H-pyrrole nitrogens is 1. The first-order chi connectivity index (χ1) is 10.1. The molecule has 7 nitrogen and oxygen atoms in total. The van der Waals surface area contributed by atoms with Gasteiger partial charge in [-0.15, -0.1) is 0 Å². The minimum atomic E-state index is -3.64. The van der Waals surface area contributed by atoms with Crippen molar-refractivity contribution in [2.45, 2.75) is 17.7 Å². The summed E-state index contributed by atoms with van der Waals surface area (Å²) in [4.78, 5) is 13.4. The monoisotopic (exact) mass is 306 g/mol. The van der Waals surface area contributed by atoms with Gasteiger partial charge in [0.05, 0.1) is 6.20 Å². The van der Waals surface area contributed by atoms with Gasteiger partial charge in [-0.3, -0.25) is 14.6 Å². The SMILES string of the molecule is O=C1CCCN1c1ccc(NS(=O)(=O)c2cn[nH]c2)cc1. The van der Waals surface area contributed by atoms with Crippen LogP contribution >= 0.6 is 0 Å². The molecule has 1 saturated heterocycles. The Kier molecular flexibility index (Phi) is 3.38. The molecule has 0 saturated carbocycles. The van der Waals surface area contributed by atoms with Crippen molar-refractivity contribution >= 4 is 27.3 Å². The zero-order chi connectivity index (χ0) is 14.9. The number of rotatable bonds is 4. The van der Waals surface area contributed by atoms with Crippen LogP contribution in [0.25, 0.3) is 0 Å². The Balaban J connectivity index is 1.77. The minimum Gasteiger partial charge on any atom is -0.312 e. The number of hydrogen-bond donors (Lipinski definition) is 2. The summed E-state index contributed by atoms with van der Waals surface area (Å²) in [7, 11) is -3.64. The largest absolute Gasteiger partial charge is 0.312 e. The van der Waals surface area contributed by atoms with E-state index in [1.165, 1.54) is 12.4 Å². The summed E-state index contributed by atoms with van der Waals surface area (Å²) in [6.07, 6.45) is 3.96. The molecule has 0 atom stereocenters. The lowest BCUT2D eigenvalue weighted by Gasteiger charge is -2.16. The summed E-state index contributed by atoms with van der Waals surface area (Å²) in [5.41, 5.74) is 1.22. The number of sulfonamides is 1. The third-order valence-corrected chi connectivity index (χ3v) is 4.64. The van der Waals surface area contributed by atoms with Crippen LogP contribution in [0.15, 0.2) is 41.6 Å². The molecule has 0 unspecified atom stereocenters. The molecule has 0 bridgehead atoms. The van der Waals surface area contributed by atoms with E-state index >= 15 is 0 Å². The molecule has 0 aliphatic carbocycles. The highest BCUT2D eigenvalue weighted by Crippen LogP contribution is 2.24. The molecule has 1 aromatic heterocycles. The van der Waals surface area contributed by atoms with E-state index in [0.717, 1.165) is 12.1 Å². The van der Waals surface area contributed by atoms with Crippen LogP contribution in [0.2, 0.25) is 0 Å². The van der Waals surface area contributed by atoms with E-state index in [4.69, 9.17) is 0 Å². The average Bonchev–Trinajstić information content (AvgIpc) is 3.10. The van der Waals surface area contributed by atoms with E-state index < -0.39 is 10.0 Å². The molecule has 21 heavy (non-hydrogen) atoms. The van der Waals surface area contributed by atoms with E-state index in [1.54, 1.807) is 29.2 Å². The lowest BCUT2D eigenvalue weighted by Crippen LogP contribution is -2.23. The molecule has 1 fully saturated rings. The van der Waals surface area contributed by atoms with Gasteiger partial charge < -0.3 is 4.90 Å². The van der Waals surface area contributed by atoms with Crippen molar-refractivity contribution in [2.24, 2.45) is 0 Å². The second kappa shape index (κ2) is 5.21. The van der Waals surface area contributed by atoms with E-state index in [2.05, 4.69) is 14.9 Å². The lowest BCUT2D eigenvalue weighted by molar-refractivity contribution is -0.117. The number of hydrogen-bond acceptors (Lipinski definition) is 4. The average molecular weight is 306 g/mol. The van der Waals surface area contributed by atoms with Gasteiger partial charge in [0, 0.05) is 30.5 Å². The smallest absolute Gasteiger partial charge is 0.265 e. The molecule has 1 aromatic carbocycles. The highest BCUT2D eigenvalue weighted by molar-refractivity contribution is 7.92. The summed E-state index contributed by atoms with van der Waals surface area (Å²) in [5, 5.41) is 6.08. The topological polar surface area (TPSA) is 95.2 Å². The number of aromatic nitrogens is 2. The zero-order valence-corrected chi connectivity index (χ0v) is 11.9. The molecule has 1 amide bonds. The maximum Gasteiger partial charge on any atom is 0.265 e. The molecular formula is C13H14N4O3S. The fourth-order valence-electron chi connectivity index (χ4n) is 2.23. The van der Waals surface area contributed by atoms with Crippen molar-refractivity contribution in [1.82, 2.24) is 10.2 Å². The van der Waals surface area contributed by atoms with Gasteiger partial charge in [0.1, 0.15) is 4.90 Å². The summed E-state index contributed by atoms with van der Waals surface area (Å²) < 4.78 is 26.5. The Morgan fingerprint density at radius 1 is 1.24 bits per heavy atom. The van der Waals surface area contributed by atoms with Gasteiger partial charge in [-0.1, -0.05) is 0 Å². The number of carbonyl (C=O) groups is 1. The van der Waals surface area contributed by atoms with Crippen LogP contribution in [-0.4, -0.2) is 31.1 Å². The Morgan fingerprint density at radius 3 is 2.57 bits per heavy atom. The number of aromatic amines is 1. The predicted octanol–water partition coefficient (Wildman–Crippen LogP) is 1.34. The highest BCUT2D eigenvalue weighted by Gasteiger charge is 2.21. The van der Waals surface area contributed by atoms with Gasteiger partial charge in [-0.2, -0.15) is 5.10 Å². The van der Waals surface area contributed by atoms with Crippen LogP contribution in [0.4, 0.5) is 11.4 Å². The zero-order valence-electron chi connectivity index (χ0n) is 11.1. The molecule has 1 aliphatic heterocycles. The van der Waals surface area contributed by atoms with Gasteiger partial charge in [-0.25, -0.2) is 8.42 Å². The standard InChI is InChI=1S/C13H14N4O3S/c18-13-2-1-7-17(13)11-5-3-10(4-6-11)16-21(19,20)12-8-14-15-9-12/h3-6,8-9,16H,1-2,7H2,(H,14,15). The fourth-order valence-corrected chi connectivity index (χ4v) is 3.19. The first kappa shape index (κ1) is 13.6. The summed E-state index contributed by atoms with van der Waals surface area (Å²) in [6.45, 7) is 0.707. The summed E-state index contributed by atoms with van der Waals surface area (Å²) in [5.74, 6) is 0.0988. The molecule has 1 aliphatic rings. The Bertz CT molecular complexity index is 738. The van der Waals surface area contributed by atoms with Gasteiger partial charge in [0.2, 0.25) is 5.91 Å². The Labute approximate surface area is 122 Å². The molecule has 8 heteroatoms. The summed E-state index contributed by atoms with van der Waals surface area (Å²) in [6, 6.07) is 6.74. The molecule has 2 N–H and O–H groups in total. The van der Waals surface area contributed by atoms with Crippen molar-refractivity contribution in [1.29, 1.82) is 0 Å². The minimum absolute atomic E-state index is 0.0706. The van der Waals surface area contributed by atoms with E-state index in [1.807, 2.05) is 0 Å². The molecule has 0 radical (unpaired) electrons. The van der Waals surface area contributed by atoms with Crippen LogP contribution in [0.5, 0.6) is 0 Å². The third-order valence-electron chi connectivity index (χ3n) is 3.29. The predicted molar refractivity (Wildman–Crippen MR) is 77.4 cm³/mol. The molecule has 110 valence electrons. The first-order valence-corrected chi connectivity index (χ1v) is 7.97. The van der Waals surface area contributed by atoms with Crippen molar-refractivity contribution in [3.8, 4) is 0 Å². The number of anilines is 2. The second-order valence-electron chi connectivity index (χ2n) is 4.74. The van der Waals surface area contributed by atoms with E-state index in [9.17, 15) is 13.2 Å². The van der Waals surface area contributed by atoms with Crippen molar-refractivity contribution in [3.63, 3.8) is 0 Å². The molecule has 3 rings (SSSR count). The Morgan fingerprint density at radius 2 is 2.00 bits per heavy atom. The quantitative estimate of drug-likeness (QED) is 0.891. The number of nitrogens with one attached hydrogen (secondary N) is 2. The number of nitrogens with zero attached hydrogens (tertiary/aromatic N) is 2. The van der Waals surface area contributed by atoms with Crippen molar-refractivity contribution < 1.29 is 13.2 Å². The van der Waals surface area contributed by atoms with Crippen molar-refractivity contribution in [3.05, 3.63) is 36.7 Å². The number of carbonyl (C=O) groups excluding carboxylic acids is 1. The lowest BCUT2D eigenvalue weighted by atomic mass is 10.2. The van der Waals surface area contributed by atoms with E-state index in [0.29, 0.717) is 18.7 Å². The van der Waals surface area contributed by atoms with Crippen LogP contribution < -0.4 is 9.62 Å². The van der Waals surface area contributed by atoms with Crippen LogP contribution in [0.3, 0.4) is 0 Å². The van der Waals surface area contributed by atoms with Gasteiger partial charge >= 0.3 is 0 Å². The Hall–Kier alpha value is -2.35. The first-order valence-electron chi connectivity index (χ1n) is 6.48. The molecule has 2 aromatic rings. The van der Waals surface area contributed by atoms with Crippen LogP contribution in [0, 0.1) is 0 Å². The normalized spacial score (nSPS) is 15.4. The van der Waals surface area contributed by atoms with Crippen LogP contribution in [0.1, 0.15) is 12.8 Å². The number of amides is 1. The van der Waals surface area contributed by atoms with Crippen molar-refractivity contribution in [2.75, 3.05) is 16.2 Å². The maximum absolute atomic E-state index is 12.0. The molecular weight excluding hydrogens is 292 g/mol. The van der Waals surface area contributed by atoms with Gasteiger partial charge in [0.15, 0.2) is 0 Å². The highest BCUT2D eigenvalue weighted by atomic mass is 32.2. The van der Waals surface area contributed by atoms with Crippen LogP contribution in [-0.2, 0) is 14.8 Å². The molecule has 0 spiro atoms. The third kappa shape index (κ3) is 2.75. The maximum atomic E-state index is 12.0. The fraction of sp³-hybridized carbons (Fsp3) is 0.231. The van der Waals surface area contributed by atoms with E-state index in [-0.39, 0.29) is 10.8 Å². The van der Waals surface area contributed by atoms with Gasteiger partial charge in [0.25, 0.3) is 10.0 Å². The summed E-state index contributed by atoms with van der Waals surface area (Å²) >= 11 is 0. The second-order valence-corrected chi connectivity index (χ2v) is 6.42. The van der Waals surface area contributed by atoms with Gasteiger partial charge in [-0.05, 0) is 30.7 Å².